The van der Waals surface area contributed by atoms with Gasteiger partial charge in [0, 0.05) is 12.0 Å². The third-order valence-corrected chi connectivity index (χ3v) is 11.3. The fraction of sp³-hybridized carbons (Fsp3) is 0.708. The number of hydrogen-bond acceptors (Lipinski definition) is 4. The van der Waals surface area contributed by atoms with Crippen LogP contribution in [0.25, 0.3) is 6.08 Å². The first-order chi connectivity index (χ1) is 13.4. The summed E-state index contributed by atoms with van der Waals surface area (Å²) in [6, 6.07) is 0. The fourth-order valence-electron chi connectivity index (χ4n) is 2.86. The first kappa shape index (κ1) is 26.3. The van der Waals surface area contributed by atoms with E-state index in [9.17, 15) is 5.11 Å². The normalized spacial score (nSPS) is 16.2. The molecule has 1 aromatic heterocycles. The zero-order valence-corrected chi connectivity index (χ0v) is 21.9. The van der Waals surface area contributed by atoms with E-state index >= 15 is 0 Å². The molecule has 0 radical (unpaired) electrons. The number of aromatic nitrogens is 1. The molecule has 0 aliphatic carbocycles. The van der Waals surface area contributed by atoms with Gasteiger partial charge in [-0.15, -0.1) is 11.3 Å². The van der Waals surface area contributed by atoms with E-state index in [4.69, 9.17) is 4.43 Å². The summed E-state index contributed by atoms with van der Waals surface area (Å²) in [5.41, 5.74) is 3.70. The Morgan fingerprint density at radius 3 is 2.48 bits per heavy atom. The molecular weight excluding hydrogens is 394 g/mol. The highest BCUT2D eigenvalue weighted by Gasteiger charge is 2.39. The zero-order valence-electron chi connectivity index (χ0n) is 20.1. The smallest absolute Gasteiger partial charge is 0.192 e. The average molecular weight is 438 g/mol. The molecular formula is C24H43NO2SSi. The van der Waals surface area contributed by atoms with E-state index in [-0.39, 0.29) is 17.7 Å². The highest BCUT2D eigenvalue weighted by Crippen LogP contribution is 2.38. The summed E-state index contributed by atoms with van der Waals surface area (Å²) in [6.07, 6.45) is 8.82. The van der Waals surface area contributed by atoms with Gasteiger partial charge in [0.2, 0.25) is 0 Å². The quantitative estimate of drug-likeness (QED) is 0.290. The highest BCUT2D eigenvalue weighted by atomic mass is 32.1. The van der Waals surface area contributed by atoms with E-state index in [0.29, 0.717) is 5.92 Å². The van der Waals surface area contributed by atoms with Gasteiger partial charge in [-0.3, -0.25) is 0 Å². The van der Waals surface area contributed by atoms with Crippen molar-refractivity contribution in [3.63, 3.8) is 0 Å². The van der Waals surface area contributed by atoms with Crippen molar-refractivity contribution in [2.45, 2.75) is 98.4 Å². The largest absolute Gasteiger partial charge is 0.410 e. The number of aryl methyl sites for hydroxylation is 1. The molecule has 29 heavy (non-hydrogen) atoms. The van der Waals surface area contributed by atoms with Crippen molar-refractivity contribution in [3.05, 3.63) is 33.3 Å². The van der Waals surface area contributed by atoms with Crippen molar-refractivity contribution in [2.24, 2.45) is 5.92 Å². The number of aliphatic hydroxyl groups excluding tert-OH is 1. The molecule has 0 spiro atoms. The van der Waals surface area contributed by atoms with Crippen LogP contribution in [0.2, 0.25) is 18.1 Å². The molecule has 0 fully saturated rings. The van der Waals surface area contributed by atoms with Gasteiger partial charge in [-0.05, 0) is 82.2 Å². The summed E-state index contributed by atoms with van der Waals surface area (Å²) >= 11 is 1.69. The van der Waals surface area contributed by atoms with Gasteiger partial charge in [-0.25, -0.2) is 4.98 Å². The fourth-order valence-corrected chi connectivity index (χ4v) is 4.78. The van der Waals surface area contributed by atoms with Gasteiger partial charge in [0.1, 0.15) is 0 Å². The molecule has 1 heterocycles. The maximum atomic E-state index is 9.20. The second-order valence-electron chi connectivity index (χ2n) is 10.0. The van der Waals surface area contributed by atoms with E-state index in [0.717, 1.165) is 36.4 Å². The van der Waals surface area contributed by atoms with Gasteiger partial charge in [0.25, 0.3) is 0 Å². The lowest BCUT2D eigenvalue weighted by Crippen LogP contribution is -2.44. The topological polar surface area (TPSA) is 42.4 Å². The molecule has 0 aliphatic rings. The van der Waals surface area contributed by atoms with Crippen LogP contribution in [0.15, 0.2) is 22.6 Å². The van der Waals surface area contributed by atoms with Crippen LogP contribution in [0.1, 0.15) is 77.9 Å². The van der Waals surface area contributed by atoms with Crippen LogP contribution in [0, 0.1) is 12.8 Å². The standard InChI is InChI=1S/C24H43NO2SSi/c1-18(11-10-12-19(2)16-26)13-14-23(27-29(8,9)24(5,6)7)20(3)15-22-17-28-21(4)25-22/h13,15,17,19,23,26H,10-12,14,16H2,1-9H3/b18-13+,20-15+/t19?,23-/m0/s1. The van der Waals surface area contributed by atoms with Gasteiger partial charge in [-0.2, -0.15) is 0 Å². The third-order valence-electron chi connectivity index (χ3n) is 6.02. The molecule has 0 saturated carbocycles. The maximum absolute atomic E-state index is 9.20. The van der Waals surface area contributed by atoms with Crippen molar-refractivity contribution < 1.29 is 9.53 Å². The molecule has 0 saturated heterocycles. The summed E-state index contributed by atoms with van der Waals surface area (Å²) in [5.74, 6) is 0.393. The highest BCUT2D eigenvalue weighted by molar-refractivity contribution is 7.09. The molecule has 166 valence electrons. The molecule has 3 nitrogen and oxygen atoms in total. The van der Waals surface area contributed by atoms with Gasteiger partial charge < -0.3 is 9.53 Å². The van der Waals surface area contributed by atoms with Crippen molar-refractivity contribution in [2.75, 3.05) is 6.61 Å². The van der Waals surface area contributed by atoms with Crippen LogP contribution in [0.5, 0.6) is 0 Å². The lowest BCUT2D eigenvalue weighted by Gasteiger charge is -2.39. The predicted molar refractivity (Wildman–Crippen MR) is 131 cm³/mol. The predicted octanol–water partition coefficient (Wildman–Crippen LogP) is 7.38. The first-order valence-electron chi connectivity index (χ1n) is 10.9. The minimum Gasteiger partial charge on any atom is -0.410 e. The zero-order chi connectivity index (χ0) is 22.2. The van der Waals surface area contributed by atoms with E-state index in [2.05, 4.69) is 77.2 Å². The Morgan fingerprint density at radius 2 is 1.97 bits per heavy atom. The van der Waals surface area contributed by atoms with E-state index < -0.39 is 8.32 Å². The lowest BCUT2D eigenvalue weighted by atomic mass is 10.0. The minimum atomic E-state index is -1.88. The van der Waals surface area contributed by atoms with Crippen LogP contribution >= 0.6 is 11.3 Å². The number of rotatable bonds is 11. The molecule has 1 aromatic rings. The Kier molecular flexibility index (Phi) is 10.5. The summed E-state index contributed by atoms with van der Waals surface area (Å²) in [7, 11) is -1.88. The van der Waals surface area contributed by atoms with Gasteiger partial charge in [0.05, 0.1) is 16.8 Å². The Morgan fingerprint density at radius 1 is 1.31 bits per heavy atom. The van der Waals surface area contributed by atoms with Gasteiger partial charge in [0.15, 0.2) is 8.32 Å². The van der Waals surface area contributed by atoms with Crippen LogP contribution in [-0.2, 0) is 4.43 Å². The second kappa shape index (κ2) is 11.6. The van der Waals surface area contributed by atoms with Crippen LogP contribution in [0.3, 0.4) is 0 Å². The van der Waals surface area contributed by atoms with Crippen LogP contribution in [-0.4, -0.2) is 31.1 Å². The summed E-state index contributed by atoms with van der Waals surface area (Å²) in [5, 5.41) is 12.6. The lowest BCUT2D eigenvalue weighted by molar-refractivity contribution is 0.217. The maximum Gasteiger partial charge on any atom is 0.192 e. The van der Waals surface area contributed by atoms with Gasteiger partial charge in [-0.1, -0.05) is 39.3 Å². The monoisotopic (exact) mass is 437 g/mol. The molecule has 1 unspecified atom stereocenters. The van der Waals surface area contributed by atoms with Crippen molar-refractivity contribution in [1.29, 1.82) is 0 Å². The number of aliphatic hydroxyl groups is 1. The minimum absolute atomic E-state index is 0.0872. The molecule has 2 atom stereocenters. The average Bonchev–Trinajstić information content (AvgIpc) is 3.01. The van der Waals surface area contributed by atoms with E-state index in [1.165, 1.54) is 11.1 Å². The van der Waals surface area contributed by atoms with E-state index in [1.807, 2.05) is 6.92 Å². The molecule has 5 heteroatoms. The number of allylic oxidation sites excluding steroid dienone is 1. The molecule has 0 aliphatic heterocycles. The van der Waals surface area contributed by atoms with Crippen molar-refractivity contribution >= 4 is 25.7 Å². The summed E-state index contributed by atoms with van der Waals surface area (Å²) < 4.78 is 6.82. The van der Waals surface area contributed by atoms with Crippen LogP contribution < -0.4 is 0 Å². The van der Waals surface area contributed by atoms with Crippen LogP contribution in [0.4, 0.5) is 0 Å². The molecule has 0 amide bonds. The molecule has 1 N–H and O–H groups in total. The number of nitrogens with zero attached hydrogens (tertiary/aromatic N) is 1. The Bertz CT molecular complexity index is 685. The molecule has 1 rings (SSSR count). The van der Waals surface area contributed by atoms with E-state index in [1.54, 1.807) is 11.3 Å². The SMILES string of the molecule is C/C(=C\C[C@H](O[Si](C)(C)C(C)(C)C)/C(C)=C/c1csc(C)n1)CCCC(C)CO. The third kappa shape index (κ3) is 9.29. The Labute approximate surface area is 184 Å². The summed E-state index contributed by atoms with van der Waals surface area (Å²) in [4.78, 5) is 4.60. The number of hydrogen-bond donors (Lipinski definition) is 1. The van der Waals surface area contributed by atoms with Crippen molar-refractivity contribution in [3.8, 4) is 0 Å². The molecule has 0 aromatic carbocycles. The second-order valence-corrected chi connectivity index (χ2v) is 15.8. The Balaban J connectivity index is 2.92. The first-order valence-corrected chi connectivity index (χ1v) is 14.7. The molecule has 0 bridgehead atoms. The Hall–Kier alpha value is -0.753. The summed E-state index contributed by atoms with van der Waals surface area (Å²) in [6.45, 7) is 20.4. The number of thiazole rings is 1. The van der Waals surface area contributed by atoms with Gasteiger partial charge >= 0.3 is 0 Å². The van der Waals surface area contributed by atoms with Crippen molar-refractivity contribution in [1.82, 2.24) is 4.98 Å².